The van der Waals surface area contributed by atoms with Crippen molar-refractivity contribution in [1.82, 2.24) is 10.2 Å². The number of hydrogen-bond donors (Lipinski definition) is 3. The average Bonchev–Trinajstić information content (AvgIpc) is 2.25. The number of urea groups is 1. The van der Waals surface area contributed by atoms with E-state index in [1.807, 2.05) is 0 Å². The molecule has 0 unspecified atom stereocenters. The summed E-state index contributed by atoms with van der Waals surface area (Å²) in [5, 5.41) is 20.2. The Bertz CT molecular complexity index is 394. The summed E-state index contributed by atoms with van der Waals surface area (Å²) in [5.74, 6) is -1.20. The summed E-state index contributed by atoms with van der Waals surface area (Å²) in [6.45, 7) is 2.86. The van der Waals surface area contributed by atoms with Gasteiger partial charge in [0.25, 0.3) is 0 Å². The highest BCUT2D eigenvalue weighted by molar-refractivity contribution is 5.79. The Kier molecular flexibility index (Phi) is 6.04. The molecule has 0 fully saturated rings. The molecule has 0 aromatic carbocycles. The quantitative estimate of drug-likeness (QED) is 0.692. The number of carboxylic acids is 1. The number of nitrogens with one attached hydrogen (secondary N) is 1. The minimum absolute atomic E-state index is 0.389. The van der Waals surface area contributed by atoms with Gasteiger partial charge in [0, 0.05) is 6.54 Å². The minimum atomic E-state index is -4.61. The third-order valence-electron chi connectivity index (χ3n) is 3.54. The number of rotatable bonds is 6. The number of halogens is 3. The molecule has 0 aliphatic heterocycles. The molecular weight excluding hydrogens is 293 g/mol. The molecule has 0 heterocycles. The molecule has 21 heavy (non-hydrogen) atoms. The number of aliphatic carboxylic acids is 1. The van der Waals surface area contributed by atoms with E-state index in [0.29, 0.717) is 4.90 Å². The zero-order valence-electron chi connectivity index (χ0n) is 12.4. The van der Waals surface area contributed by atoms with Crippen molar-refractivity contribution in [1.29, 1.82) is 0 Å². The number of carbonyl (C=O) groups excluding carboxylic acids is 1. The summed E-state index contributed by atoms with van der Waals surface area (Å²) >= 11 is 0. The summed E-state index contributed by atoms with van der Waals surface area (Å²) in [7, 11) is 0. The van der Waals surface area contributed by atoms with Gasteiger partial charge in [-0.3, -0.25) is 4.79 Å². The number of alkyl halides is 3. The van der Waals surface area contributed by atoms with Gasteiger partial charge in [0.05, 0.1) is 17.6 Å². The van der Waals surface area contributed by atoms with Gasteiger partial charge in [-0.1, -0.05) is 0 Å². The van der Waals surface area contributed by atoms with Gasteiger partial charge in [0.1, 0.15) is 6.54 Å². The fourth-order valence-electron chi connectivity index (χ4n) is 1.36. The maximum absolute atomic E-state index is 12.4. The molecule has 0 aromatic heterocycles. The minimum Gasteiger partial charge on any atom is -0.481 e. The fraction of sp³-hybridized carbons (Fsp3) is 0.833. The first kappa shape index (κ1) is 19.5. The predicted octanol–water partition coefficient (Wildman–Crippen LogP) is 1.44. The van der Waals surface area contributed by atoms with Gasteiger partial charge in [-0.15, -0.1) is 0 Å². The van der Waals surface area contributed by atoms with Gasteiger partial charge in [0.2, 0.25) is 0 Å². The molecule has 0 spiro atoms. The Morgan fingerprint density at radius 1 is 1.14 bits per heavy atom. The number of hydrogen-bond acceptors (Lipinski definition) is 3. The Labute approximate surface area is 120 Å². The van der Waals surface area contributed by atoms with Crippen molar-refractivity contribution in [2.24, 2.45) is 5.41 Å². The molecule has 0 saturated carbocycles. The van der Waals surface area contributed by atoms with Crippen molar-refractivity contribution in [2.45, 2.75) is 39.4 Å². The number of nitrogens with zero attached hydrogens (tertiary/aromatic N) is 1. The van der Waals surface area contributed by atoms with E-state index in [9.17, 15) is 22.8 Å². The van der Waals surface area contributed by atoms with E-state index < -0.39 is 48.8 Å². The van der Waals surface area contributed by atoms with E-state index in [1.165, 1.54) is 27.7 Å². The van der Waals surface area contributed by atoms with Crippen LogP contribution in [0.1, 0.15) is 27.7 Å². The van der Waals surface area contributed by atoms with Crippen LogP contribution in [-0.2, 0) is 4.79 Å². The number of carboxylic acid groups (broad SMARTS) is 1. The van der Waals surface area contributed by atoms with Crippen LogP contribution in [0.3, 0.4) is 0 Å². The lowest BCUT2D eigenvalue weighted by Crippen LogP contribution is -2.60. The van der Waals surface area contributed by atoms with Gasteiger partial charge in [-0.05, 0) is 27.7 Å². The summed E-state index contributed by atoms with van der Waals surface area (Å²) in [6, 6.07) is -1.08. The van der Waals surface area contributed by atoms with Gasteiger partial charge >= 0.3 is 18.2 Å². The predicted molar refractivity (Wildman–Crippen MR) is 68.7 cm³/mol. The zero-order chi connectivity index (χ0) is 17.1. The van der Waals surface area contributed by atoms with Crippen LogP contribution in [-0.4, -0.2) is 58.5 Å². The Morgan fingerprint density at radius 2 is 1.62 bits per heavy atom. The molecule has 9 heteroatoms. The summed E-state index contributed by atoms with van der Waals surface area (Å²) < 4.78 is 37.2. The maximum atomic E-state index is 12.4. The van der Waals surface area contributed by atoms with Crippen molar-refractivity contribution >= 4 is 12.0 Å². The van der Waals surface area contributed by atoms with Crippen LogP contribution in [0.25, 0.3) is 0 Å². The first-order chi connectivity index (χ1) is 9.24. The second-order valence-corrected chi connectivity index (χ2v) is 5.75. The molecule has 0 aliphatic rings. The normalized spacial score (nSPS) is 13.0. The van der Waals surface area contributed by atoms with Crippen molar-refractivity contribution in [2.75, 3.05) is 19.7 Å². The molecule has 124 valence electrons. The van der Waals surface area contributed by atoms with E-state index in [4.69, 9.17) is 10.2 Å². The van der Waals surface area contributed by atoms with Gasteiger partial charge in [-0.25, -0.2) is 4.79 Å². The second-order valence-electron chi connectivity index (χ2n) is 5.75. The Hall–Kier alpha value is -1.51. The highest BCUT2D eigenvalue weighted by Crippen LogP contribution is 2.31. The molecular formula is C12H21F3N2O4. The number of aliphatic hydroxyl groups excluding tert-OH is 1. The molecule has 0 radical (unpaired) electrons. The first-order valence-corrected chi connectivity index (χ1v) is 6.22. The molecule has 2 amide bonds. The Balaban J connectivity index is 5.10. The SMILES string of the molecule is CC(C)(NC(=O)N(CCO)CC(F)(F)F)C(C)(C)C(=O)O. The lowest BCUT2D eigenvalue weighted by molar-refractivity contribution is -0.151. The van der Waals surface area contributed by atoms with Crippen LogP contribution in [0.15, 0.2) is 0 Å². The van der Waals surface area contributed by atoms with Crippen LogP contribution in [0, 0.1) is 5.41 Å². The third-order valence-corrected chi connectivity index (χ3v) is 3.54. The van der Waals surface area contributed by atoms with E-state index in [1.54, 1.807) is 0 Å². The molecule has 3 N–H and O–H groups in total. The van der Waals surface area contributed by atoms with Crippen LogP contribution >= 0.6 is 0 Å². The summed E-state index contributed by atoms with van der Waals surface area (Å²) in [5.41, 5.74) is -2.69. The highest BCUT2D eigenvalue weighted by Gasteiger charge is 2.45. The lowest BCUT2D eigenvalue weighted by atomic mass is 9.74. The maximum Gasteiger partial charge on any atom is 0.406 e. The van der Waals surface area contributed by atoms with Crippen LogP contribution in [0.2, 0.25) is 0 Å². The van der Waals surface area contributed by atoms with Crippen molar-refractivity contribution in [3.8, 4) is 0 Å². The number of carbonyl (C=O) groups is 2. The first-order valence-electron chi connectivity index (χ1n) is 6.22. The number of aliphatic hydroxyl groups is 1. The van der Waals surface area contributed by atoms with E-state index in [0.717, 1.165) is 0 Å². The van der Waals surface area contributed by atoms with Gasteiger partial charge in [-0.2, -0.15) is 13.2 Å². The smallest absolute Gasteiger partial charge is 0.406 e. The molecule has 0 aliphatic carbocycles. The average molecular weight is 314 g/mol. The van der Waals surface area contributed by atoms with Crippen LogP contribution in [0.5, 0.6) is 0 Å². The summed E-state index contributed by atoms with van der Waals surface area (Å²) in [4.78, 5) is 23.5. The fourth-order valence-corrected chi connectivity index (χ4v) is 1.36. The molecule has 0 saturated heterocycles. The molecule has 0 bridgehead atoms. The second kappa shape index (κ2) is 6.50. The van der Waals surface area contributed by atoms with Crippen LogP contribution in [0.4, 0.5) is 18.0 Å². The van der Waals surface area contributed by atoms with Crippen molar-refractivity contribution < 1.29 is 33.0 Å². The Morgan fingerprint density at radius 3 is 1.95 bits per heavy atom. The van der Waals surface area contributed by atoms with Gasteiger partial charge < -0.3 is 20.4 Å². The number of amides is 2. The third kappa shape index (κ3) is 5.41. The summed E-state index contributed by atoms with van der Waals surface area (Å²) in [6.07, 6.45) is -4.61. The standard InChI is InChI=1S/C12H21F3N2O4/c1-10(2,8(19)20)11(3,4)16-9(21)17(5-6-18)7-12(13,14)15/h18H,5-7H2,1-4H3,(H,16,21)(H,19,20). The topological polar surface area (TPSA) is 89.9 Å². The molecule has 0 rings (SSSR count). The van der Waals surface area contributed by atoms with Crippen molar-refractivity contribution in [3.63, 3.8) is 0 Å². The molecule has 0 atom stereocenters. The van der Waals surface area contributed by atoms with Crippen molar-refractivity contribution in [3.05, 3.63) is 0 Å². The van der Waals surface area contributed by atoms with E-state index >= 15 is 0 Å². The van der Waals surface area contributed by atoms with Crippen LogP contribution < -0.4 is 5.32 Å². The van der Waals surface area contributed by atoms with E-state index in [-0.39, 0.29) is 0 Å². The monoisotopic (exact) mass is 314 g/mol. The highest BCUT2D eigenvalue weighted by atomic mass is 19.4. The molecule has 0 aromatic rings. The largest absolute Gasteiger partial charge is 0.481 e. The zero-order valence-corrected chi connectivity index (χ0v) is 12.4. The van der Waals surface area contributed by atoms with Gasteiger partial charge in [0.15, 0.2) is 0 Å². The lowest BCUT2D eigenvalue weighted by Gasteiger charge is -2.40. The van der Waals surface area contributed by atoms with E-state index in [2.05, 4.69) is 5.32 Å². The molecule has 6 nitrogen and oxygen atoms in total.